The van der Waals surface area contributed by atoms with Crippen molar-refractivity contribution in [1.29, 1.82) is 0 Å². The first-order valence-corrected chi connectivity index (χ1v) is 6.13. The zero-order valence-electron chi connectivity index (χ0n) is 10.2. The molecule has 1 amide bonds. The van der Waals surface area contributed by atoms with Crippen molar-refractivity contribution in [2.24, 2.45) is 11.7 Å². The predicted octanol–water partition coefficient (Wildman–Crippen LogP) is 1.20. The minimum atomic E-state index is 0.107. The number of nitrogens with zero attached hydrogens (tertiary/aromatic N) is 2. The Hall–Kier alpha value is -1.42. The SMILES string of the molecule is Cc1ncccc1C(=O)N1CCC(CCN)C1. The molecule has 17 heavy (non-hydrogen) atoms. The zero-order valence-corrected chi connectivity index (χ0v) is 10.2. The molecule has 92 valence electrons. The van der Waals surface area contributed by atoms with Gasteiger partial charge in [0.15, 0.2) is 0 Å². The fraction of sp³-hybridized carbons (Fsp3) is 0.538. The molecule has 1 fully saturated rings. The van der Waals surface area contributed by atoms with Crippen LogP contribution in [0.2, 0.25) is 0 Å². The number of carbonyl (C=O) groups excluding carboxylic acids is 1. The number of carbonyl (C=O) groups is 1. The smallest absolute Gasteiger partial charge is 0.255 e. The van der Waals surface area contributed by atoms with Gasteiger partial charge in [0, 0.05) is 25.0 Å². The van der Waals surface area contributed by atoms with Crippen LogP contribution in [0, 0.1) is 12.8 Å². The molecule has 0 radical (unpaired) electrons. The number of hydrogen-bond acceptors (Lipinski definition) is 3. The average Bonchev–Trinajstić information content (AvgIpc) is 2.78. The van der Waals surface area contributed by atoms with E-state index in [9.17, 15) is 4.79 Å². The van der Waals surface area contributed by atoms with Crippen LogP contribution in [-0.2, 0) is 0 Å². The number of nitrogens with two attached hydrogens (primary N) is 1. The zero-order chi connectivity index (χ0) is 12.3. The molecule has 0 saturated carbocycles. The van der Waals surface area contributed by atoms with E-state index in [0.29, 0.717) is 12.5 Å². The second kappa shape index (κ2) is 5.27. The van der Waals surface area contributed by atoms with Crippen molar-refractivity contribution in [2.45, 2.75) is 19.8 Å². The van der Waals surface area contributed by atoms with Gasteiger partial charge in [-0.05, 0) is 44.4 Å². The lowest BCUT2D eigenvalue weighted by molar-refractivity contribution is 0.0785. The third-order valence-electron chi connectivity index (χ3n) is 3.39. The Morgan fingerprint density at radius 3 is 3.18 bits per heavy atom. The molecule has 0 aromatic carbocycles. The number of likely N-dealkylation sites (tertiary alicyclic amines) is 1. The summed E-state index contributed by atoms with van der Waals surface area (Å²) >= 11 is 0. The number of pyridine rings is 1. The van der Waals surface area contributed by atoms with Crippen molar-refractivity contribution in [2.75, 3.05) is 19.6 Å². The average molecular weight is 233 g/mol. The lowest BCUT2D eigenvalue weighted by Gasteiger charge is -2.17. The van der Waals surface area contributed by atoms with Gasteiger partial charge in [0.2, 0.25) is 0 Å². The number of amides is 1. The summed E-state index contributed by atoms with van der Waals surface area (Å²) in [4.78, 5) is 18.4. The molecule has 1 unspecified atom stereocenters. The number of aromatic nitrogens is 1. The van der Waals surface area contributed by atoms with E-state index < -0.39 is 0 Å². The molecule has 2 N–H and O–H groups in total. The van der Waals surface area contributed by atoms with Crippen molar-refractivity contribution in [3.63, 3.8) is 0 Å². The fourth-order valence-corrected chi connectivity index (χ4v) is 2.37. The molecular formula is C13H19N3O. The molecule has 1 aromatic heterocycles. The second-order valence-corrected chi connectivity index (χ2v) is 4.62. The summed E-state index contributed by atoms with van der Waals surface area (Å²) in [7, 11) is 0. The molecule has 0 aliphatic carbocycles. The van der Waals surface area contributed by atoms with Crippen LogP contribution in [0.5, 0.6) is 0 Å². The van der Waals surface area contributed by atoms with Gasteiger partial charge >= 0.3 is 0 Å². The van der Waals surface area contributed by atoms with Gasteiger partial charge in [-0.1, -0.05) is 0 Å². The van der Waals surface area contributed by atoms with Gasteiger partial charge in [0.05, 0.1) is 5.56 Å². The largest absolute Gasteiger partial charge is 0.338 e. The van der Waals surface area contributed by atoms with E-state index in [2.05, 4.69) is 4.98 Å². The van der Waals surface area contributed by atoms with Crippen LogP contribution in [0.1, 0.15) is 28.9 Å². The van der Waals surface area contributed by atoms with Crippen molar-refractivity contribution in [1.82, 2.24) is 9.88 Å². The number of aryl methyl sites for hydroxylation is 1. The summed E-state index contributed by atoms with van der Waals surface area (Å²) in [5.41, 5.74) is 7.08. The summed E-state index contributed by atoms with van der Waals surface area (Å²) in [5.74, 6) is 0.677. The topological polar surface area (TPSA) is 59.2 Å². The van der Waals surface area contributed by atoms with Gasteiger partial charge in [-0.3, -0.25) is 9.78 Å². The van der Waals surface area contributed by atoms with E-state index in [-0.39, 0.29) is 5.91 Å². The second-order valence-electron chi connectivity index (χ2n) is 4.62. The maximum Gasteiger partial charge on any atom is 0.255 e. The van der Waals surface area contributed by atoms with E-state index in [1.807, 2.05) is 24.0 Å². The highest BCUT2D eigenvalue weighted by Gasteiger charge is 2.27. The predicted molar refractivity (Wildman–Crippen MR) is 66.7 cm³/mol. The molecular weight excluding hydrogens is 214 g/mol. The monoisotopic (exact) mass is 233 g/mol. The van der Waals surface area contributed by atoms with Gasteiger partial charge in [0.1, 0.15) is 0 Å². The summed E-state index contributed by atoms with van der Waals surface area (Å²) in [6.45, 7) is 4.27. The van der Waals surface area contributed by atoms with Gasteiger partial charge < -0.3 is 10.6 Å². The third-order valence-corrected chi connectivity index (χ3v) is 3.39. The lowest BCUT2D eigenvalue weighted by atomic mass is 10.1. The Bertz CT molecular complexity index is 405. The van der Waals surface area contributed by atoms with Crippen LogP contribution in [0.3, 0.4) is 0 Å². The van der Waals surface area contributed by atoms with Crippen LogP contribution in [0.4, 0.5) is 0 Å². The maximum atomic E-state index is 12.3. The van der Waals surface area contributed by atoms with E-state index >= 15 is 0 Å². The Morgan fingerprint density at radius 1 is 1.65 bits per heavy atom. The molecule has 2 rings (SSSR count). The lowest BCUT2D eigenvalue weighted by Crippen LogP contribution is -2.29. The van der Waals surface area contributed by atoms with Crippen LogP contribution >= 0.6 is 0 Å². The van der Waals surface area contributed by atoms with E-state index in [1.165, 1.54) is 0 Å². The van der Waals surface area contributed by atoms with Gasteiger partial charge in [0.25, 0.3) is 5.91 Å². The standard InChI is InChI=1S/C13H19N3O/c1-10-12(3-2-7-15-10)13(17)16-8-5-11(9-16)4-6-14/h2-3,7,11H,4-6,8-9,14H2,1H3. The Kier molecular flexibility index (Phi) is 3.74. The van der Waals surface area contributed by atoms with Gasteiger partial charge in [-0.25, -0.2) is 0 Å². The molecule has 0 spiro atoms. The minimum Gasteiger partial charge on any atom is -0.338 e. The molecule has 4 heteroatoms. The molecule has 1 aromatic rings. The summed E-state index contributed by atoms with van der Waals surface area (Å²) in [6.07, 6.45) is 3.80. The van der Waals surface area contributed by atoms with Crippen molar-refractivity contribution in [3.05, 3.63) is 29.6 Å². The molecule has 1 atom stereocenters. The Morgan fingerprint density at radius 2 is 2.47 bits per heavy atom. The molecule has 1 aliphatic rings. The minimum absolute atomic E-state index is 0.107. The van der Waals surface area contributed by atoms with E-state index in [4.69, 9.17) is 5.73 Å². The first-order valence-electron chi connectivity index (χ1n) is 6.13. The maximum absolute atomic E-state index is 12.3. The Balaban J connectivity index is 2.05. The molecule has 2 heterocycles. The van der Waals surface area contributed by atoms with Crippen molar-refractivity contribution in [3.8, 4) is 0 Å². The van der Waals surface area contributed by atoms with Gasteiger partial charge in [-0.15, -0.1) is 0 Å². The van der Waals surface area contributed by atoms with Crippen LogP contribution < -0.4 is 5.73 Å². The normalized spacial score (nSPS) is 19.6. The Labute approximate surface area is 102 Å². The molecule has 1 aliphatic heterocycles. The van der Waals surface area contributed by atoms with Gasteiger partial charge in [-0.2, -0.15) is 0 Å². The highest BCUT2D eigenvalue weighted by Crippen LogP contribution is 2.21. The quantitative estimate of drug-likeness (QED) is 0.853. The van der Waals surface area contributed by atoms with Crippen LogP contribution in [0.25, 0.3) is 0 Å². The van der Waals surface area contributed by atoms with E-state index in [1.54, 1.807) is 6.20 Å². The first kappa shape index (κ1) is 12.0. The highest BCUT2D eigenvalue weighted by atomic mass is 16.2. The number of rotatable bonds is 3. The van der Waals surface area contributed by atoms with Crippen LogP contribution in [-0.4, -0.2) is 35.4 Å². The summed E-state index contributed by atoms with van der Waals surface area (Å²) in [6, 6.07) is 3.66. The van der Waals surface area contributed by atoms with E-state index in [0.717, 1.165) is 37.2 Å². The molecule has 4 nitrogen and oxygen atoms in total. The third kappa shape index (κ3) is 2.64. The number of hydrogen-bond donors (Lipinski definition) is 1. The molecule has 0 bridgehead atoms. The van der Waals surface area contributed by atoms with Crippen LogP contribution in [0.15, 0.2) is 18.3 Å². The highest BCUT2D eigenvalue weighted by molar-refractivity contribution is 5.95. The fourth-order valence-electron chi connectivity index (χ4n) is 2.37. The van der Waals surface area contributed by atoms with Crippen molar-refractivity contribution < 1.29 is 4.79 Å². The summed E-state index contributed by atoms with van der Waals surface area (Å²) in [5, 5.41) is 0. The first-order chi connectivity index (χ1) is 8.22. The molecule has 1 saturated heterocycles. The van der Waals surface area contributed by atoms with Crippen molar-refractivity contribution >= 4 is 5.91 Å². The summed E-state index contributed by atoms with van der Waals surface area (Å²) < 4.78 is 0.